The first-order valence-electron chi connectivity index (χ1n) is 7.37. The van der Waals surface area contributed by atoms with Gasteiger partial charge in [0.25, 0.3) is 0 Å². The smallest absolute Gasteiger partial charge is 0.240 e. The van der Waals surface area contributed by atoms with Crippen molar-refractivity contribution >= 4 is 17.7 Å². The Hall–Kier alpha value is -1.00. The highest BCUT2D eigenvalue weighted by atomic mass is 32.2. The number of rotatable bonds is 6. The molecule has 1 atom stereocenters. The molecule has 0 saturated carbocycles. The van der Waals surface area contributed by atoms with E-state index in [0.717, 1.165) is 43.9 Å². The van der Waals surface area contributed by atoms with Gasteiger partial charge in [-0.3, -0.25) is 4.79 Å². The van der Waals surface area contributed by atoms with Gasteiger partial charge in [0.2, 0.25) is 5.91 Å². The van der Waals surface area contributed by atoms with Crippen LogP contribution in [0.5, 0.6) is 0 Å². The summed E-state index contributed by atoms with van der Waals surface area (Å²) in [6.07, 6.45) is 3.30. The van der Waals surface area contributed by atoms with Crippen molar-refractivity contribution in [2.45, 2.75) is 25.3 Å². The van der Waals surface area contributed by atoms with Gasteiger partial charge < -0.3 is 10.2 Å². The molecule has 0 spiro atoms. The van der Waals surface area contributed by atoms with Crippen LogP contribution in [0.3, 0.4) is 0 Å². The molecule has 1 aliphatic heterocycles. The first-order valence-corrected chi connectivity index (χ1v) is 8.53. The van der Waals surface area contributed by atoms with E-state index in [0.29, 0.717) is 0 Å². The zero-order valence-corrected chi connectivity index (χ0v) is 13.0. The van der Waals surface area contributed by atoms with Crippen LogP contribution in [0.25, 0.3) is 0 Å². The van der Waals surface area contributed by atoms with Crippen molar-refractivity contribution < 1.29 is 4.79 Å². The maximum atomic E-state index is 12.2. The van der Waals surface area contributed by atoms with Gasteiger partial charge in [-0.1, -0.05) is 30.3 Å². The van der Waals surface area contributed by atoms with Crippen LogP contribution < -0.4 is 5.32 Å². The number of hydrogen-bond donors (Lipinski definition) is 1. The van der Waals surface area contributed by atoms with Crippen LogP contribution in [0.15, 0.2) is 30.3 Å². The Morgan fingerprint density at radius 3 is 2.85 bits per heavy atom. The minimum Gasteiger partial charge on any atom is -0.344 e. The van der Waals surface area contributed by atoms with Crippen molar-refractivity contribution in [1.82, 2.24) is 10.2 Å². The molecule has 0 aliphatic carbocycles. The second-order valence-electron chi connectivity index (χ2n) is 5.28. The van der Waals surface area contributed by atoms with Gasteiger partial charge in [-0.25, -0.2) is 0 Å². The average molecular weight is 292 g/mol. The fourth-order valence-corrected chi connectivity index (χ4v) is 3.35. The zero-order chi connectivity index (χ0) is 14.2. The van der Waals surface area contributed by atoms with Gasteiger partial charge in [-0.15, -0.1) is 0 Å². The van der Waals surface area contributed by atoms with Crippen LogP contribution in [0.4, 0.5) is 0 Å². The number of thioether (sulfide) groups is 1. The van der Waals surface area contributed by atoms with E-state index < -0.39 is 0 Å². The molecule has 1 aliphatic rings. The summed E-state index contributed by atoms with van der Waals surface area (Å²) >= 11 is 1.86. The standard InChI is InChI=1S/C16H24N2OS/c1-18(16(19)15-13-20-12-10-17-15)11-6-5-9-14-7-3-2-4-8-14/h2-4,7-8,15,17H,5-6,9-13H2,1H3. The van der Waals surface area contributed by atoms with Gasteiger partial charge in [0, 0.05) is 31.6 Å². The number of aryl methyl sites for hydroxylation is 1. The Morgan fingerprint density at radius 1 is 1.35 bits per heavy atom. The quantitative estimate of drug-likeness (QED) is 0.816. The molecule has 0 bridgehead atoms. The monoisotopic (exact) mass is 292 g/mol. The topological polar surface area (TPSA) is 32.3 Å². The SMILES string of the molecule is CN(CCCCc1ccccc1)C(=O)C1CSCCN1. The number of nitrogens with zero attached hydrogens (tertiary/aromatic N) is 1. The number of benzene rings is 1. The predicted octanol–water partition coefficient (Wildman–Crippen LogP) is 2.17. The van der Waals surface area contributed by atoms with Gasteiger partial charge >= 0.3 is 0 Å². The minimum atomic E-state index is 0.0212. The second-order valence-corrected chi connectivity index (χ2v) is 6.43. The number of unbranched alkanes of at least 4 members (excludes halogenated alkanes) is 1. The number of likely N-dealkylation sites (N-methyl/N-ethyl adjacent to an activating group) is 1. The van der Waals surface area contributed by atoms with E-state index in [9.17, 15) is 4.79 Å². The Labute approximate surface area is 126 Å². The maximum absolute atomic E-state index is 12.2. The number of carbonyl (C=O) groups is 1. The third-order valence-electron chi connectivity index (χ3n) is 3.65. The molecule has 4 heteroatoms. The Morgan fingerprint density at radius 2 is 2.15 bits per heavy atom. The summed E-state index contributed by atoms with van der Waals surface area (Å²) in [4.78, 5) is 14.1. The van der Waals surface area contributed by atoms with Gasteiger partial charge in [-0.2, -0.15) is 11.8 Å². The van der Waals surface area contributed by atoms with Crippen molar-refractivity contribution in [3.05, 3.63) is 35.9 Å². The van der Waals surface area contributed by atoms with Crippen LogP contribution in [-0.2, 0) is 11.2 Å². The fraction of sp³-hybridized carbons (Fsp3) is 0.562. The van der Waals surface area contributed by atoms with E-state index in [1.54, 1.807) is 0 Å². The molecule has 1 saturated heterocycles. The molecule has 0 radical (unpaired) electrons. The highest BCUT2D eigenvalue weighted by molar-refractivity contribution is 7.99. The van der Waals surface area contributed by atoms with E-state index >= 15 is 0 Å². The van der Waals surface area contributed by atoms with Gasteiger partial charge in [0.1, 0.15) is 0 Å². The van der Waals surface area contributed by atoms with Crippen LogP contribution in [-0.4, -0.2) is 48.5 Å². The summed E-state index contributed by atoms with van der Waals surface area (Å²) in [5.41, 5.74) is 1.38. The summed E-state index contributed by atoms with van der Waals surface area (Å²) < 4.78 is 0. The lowest BCUT2D eigenvalue weighted by Gasteiger charge is -2.27. The molecule has 0 aromatic heterocycles. The van der Waals surface area contributed by atoms with Crippen molar-refractivity contribution in [3.63, 3.8) is 0 Å². The van der Waals surface area contributed by atoms with Gasteiger partial charge in [-0.05, 0) is 24.8 Å². The first kappa shape index (κ1) is 15.4. The molecule has 20 heavy (non-hydrogen) atoms. The zero-order valence-electron chi connectivity index (χ0n) is 12.2. The van der Waals surface area contributed by atoms with E-state index in [4.69, 9.17) is 0 Å². The largest absolute Gasteiger partial charge is 0.344 e. The fourth-order valence-electron chi connectivity index (χ4n) is 2.42. The molecule has 1 aromatic carbocycles. The Bertz CT molecular complexity index is 404. The summed E-state index contributed by atoms with van der Waals surface area (Å²) in [6, 6.07) is 10.6. The van der Waals surface area contributed by atoms with E-state index in [1.165, 1.54) is 5.56 Å². The molecular formula is C16H24N2OS. The Kier molecular flexibility index (Phi) is 6.40. The van der Waals surface area contributed by atoms with Crippen LogP contribution in [0.2, 0.25) is 0 Å². The van der Waals surface area contributed by atoms with Crippen LogP contribution >= 0.6 is 11.8 Å². The second kappa shape index (κ2) is 8.32. The van der Waals surface area contributed by atoms with Gasteiger partial charge in [0.05, 0.1) is 6.04 Å². The molecule has 1 heterocycles. The van der Waals surface area contributed by atoms with E-state index in [-0.39, 0.29) is 11.9 Å². The van der Waals surface area contributed by atoms with Crippen molar-refractivity contribution in [3.8, 4) is 0 Å². The Balaban J connectivity index is 1.64. The molecule has 1 amide bonds. The molecule has 2 rings (SSSR count). The highest BCUT2D eigenvalue weighted by Crippen LogP contribution is 2.10. The number of hydrogen-bond acceptors (Lipinski definition) is 3. The first-order chi connectivity index (χ1) is 9.77. The van der Waals surface area contributed by atoms with Crippen molar-refractivity contribution in [2.75, 3.05) is 31.6 Å². The summed E-state index contributed by atoms with van der Waals surface area (Å²) in [5.74, 6) is 2.27. The van der Waals surface area contributed by atoms with E-state index in [1.807, 2.05) is 29.8 Å². The lowest BCUT2D eigenvalue weighted by atomic mass is 10.1. The maximum Gasteiger partial charge on any atom is 0.240 e. The minimum absolute atomic E-state index is 0.0212. The van der Waals surface area contributed by atoms with Gasteiger partial charge in [0.15, 0.2) is 0 Å². The van der Waals surface area contributed by atoms with E-state index in [2.05, 4.69) is 29.6 Å². The lowest BCUT2D eigenvalue weighted by Crippen LogP contribution is -2.49. The molecule has 1 aromatic rings. The summed E-state index contributed by atoms with van der Waals surface area (Å²) in [7, 11) is 1.92. The molecule has 110 valence electrons. The molecule has 1 N–H and O–H groups in total. The number of amides is 1. The predicted molar refractivity (Wildman–Crippen MR) is 86.1 cm³/mol. The molecular weight excluding hydrogens is 268 g/mol. The number of carbonyl (C=O) groups excluding carboxylic acids is 1. The third kappa shape index (κ3) is 4.84. The number of nitrogens with one attached hydrogen (secondary N) is 1. The molecule has 1 fully saturated rings. The molecule has 1 unspecified atom stereocenters. The van der Waals surface area contributed by atoms with Crippen molar-refractivity contribution in [2.24, 2.45) is 0 Å². The lowest BCUT2D eigenvalue weighted by molar-refractivity contribution is -0.131. The average Bonchev–Trinajstić information content (AvgIpc) is 2.52. The summed E-state index contributed by atoms with van der Waals surface area (Å²) in [6.45, 7) is 1.80. The molecule has 3 nitrogen and oxygen atoms in total. The third-order valence-corrected chi connectivity index (χ3v) is 4.71. The highest BCUT2D eigenvalue weighted by Gasteiger charge is 2.23. The summed E-state index contributed by atoms with van der Waals surface area (Å²) in [5, 5.41) is 3.30. The van der Waals surface area contributed by atoms with Crippen LogP contribution in [0.1, 0.15) is 18.4 Å². The van der Waals surface area contributed by atoms with Crippen LogP contribution in [0, 0.1) is 0 Å². The normalized spacial score (nSPS) is 18.8. The van der Waals surface area contributed by atoms with Crippen molar-refractivity contribution in [1.29, 1.82) is 0 Å².